The predicted molar refractivity (Wildman–Crippen MR) is 72.3 cm³/mol. The maximum Gasteiger partial charge on any atom is 0.313 e. The van der Waals surface area contributed by atoms with E-state index in [9.17, 15) is 4.39 Å². The first kappa shape index (κ1) is 12.6. The number of nitrogens with two attached hydrogens (primary N) is 1. The molecule has 5 nitrogen and oxygen atoms in total. The van der Waals surface area contributed by atoms with Crippen molar-refractivity contribution in [1.82, 2.24) is 15.2 Å². The summed E-state index contributed by atoms with van der Waals surface area (Å²) >= 11 is 6.07. The highest BCUT2D eigenvalue weighted by atomic mass is 35.5. The molecule has 2 aromatic heterocycles. The summed E-state index contributed by atoms with van der Waals surface area (Å²) in [5, 5.41) is 7.48. The predicted octanol–water partition coefficient (Wildman–Crippen LogP) is 3.17. The Kier molecular flexibility index (Phi) is 3.08. The van der Waals surface area contributed by atoms with Gasteiger partial charge in [-0.25, -0.2) is 9.37 Å². The minimum Gasteiger partial charge on any atom is -0.403 e. The second-order valence-electron chi connectivity index (χ2n) is 3.95. The number of nitrogens with zero attached hydrogens (tertiary/aromatic N) is 3. The molecule has 0 unspecified atom stereocenters. The maximum absolute atomic E-state index is 14.0. The molecule has 0 aliphatic carbocycles. The molecule has 0 aliphatic heterocycles. The molecule has 1 aromatic carbocycles. The topological polar surface area (TPSA) is 77.8 Å². The molecule has 0 fully saturated rings. The molecule has 100 valence electrons. The van der Waals surface area contributed by atoms with Gasteiger partial charge in [-0.3, -0.25) is 0 Å². The molecule has 7 heteroatoms. The molecule has 0 bridgehead atoms. The highest BCUT2D eigenvalue weighted by molar-refractivity contribution is 6.32. The number of aromatic nitrogens is 3. The lowest BCUT2D eigenvalue weighted by atomic mass is 10.0. The molecule has 20 heavy (non-hydrogen) atoms. The Morgan fingerprint density at radius 2 is 1.90 bits per heavy atom. The van der Waals surface area contributed by atoms with Gasteiger partial charge in [-0.1, -0.05) is 34.9 Å². The summed E-state index contributed by atoms with van der Waals surface area (Å²) in [4.78, 5) is 3.95. The Balaban J connectivity index is 2.27. The molecule has 2 heterocycles. The van der Waals surface area contributed by atoms with Crippen molar-refractivity contribution in [1.29, 1.82) is 0 Å². The van der Waals surface area contributed by atoms with Gasteiger partial charge in [0.2, 0.25) is 0 Å². The van der Waals surface area contributed by atoms with Crippen LogP contribution in [0, 0.1) is 5.82 Å². The normalized spacial score (nSPS) is 10.7. The van der Waals surface area contributed by atoms with E-state index in [0.717, 1.165) is 0 Å². The highest BCUT2D eigenvalue weighted by Crippen LogP contribution is 2.36. The number of rotatable bonds is 2. The summed E-state index contributed by atoms with van der Waals surface area (Å²) in [6.45, 7) is 0. The van der Waals surface area contributed by atoms with Crippen LogP contribution in [-0.4, -0.2) is 15.2 Å². The fourth-order valence-electron chi connectivity index (χ4n) is 1.88. The maximum atomic E-state index is 14.0. The van der Waals surface area contributed by atoms with Crippen LogP contribution >= 0.6 is 11.6 Å². The van der Waals surface area contributed by atoms with Crippen LogP contribution < -0.4 is 5.73 Å². The third-order valence-electron chi connectivity index (χ3n) is 2.72. The van der Waals surface area contributed by atoms with Crippen molar-refractivity contribution < 1.29 is 8.81 Å². The number of hydrogen-bond acceptors (Lipinski definition) is 5. The zero-order chi connectivity index (χ0) is 14.1. The van der Waals surface area contributed by atoms with Crippen LogP contribution in [0.1, 0.15) is 0 Å². The van der Waals surface area contributed by atoms with Crippen molar-refractivity contribution in [2.75, 3.05) is 5.73 Å². The largest absolute Gasteiger partial charge is 0.403 e. The van der Waals surface area contributed by atoms with Crippen LogP contribution in [0.3, 0.4) is 0 Å². The third-order valence-corrected chi connectivity index (χ3v) is 3.01. The van der Waals surface area contributed by atoms with Gasteiger partial charge < -0.3 is 10.2 Å². The first-order valence-electron chi connectivity index (χ1n) is 5.65. The van der Waals surface area contributed by atoms with Crippen molar-refractivity contribution in [2.24, 2.45) is 0 Å². The van der Waals surface area contributed by atoms with Gasteiger partial charge in [0.1, 0.15) is 11.0 Å². The smallest absolute Gasteiger partial charge is 0.313 e. The number of pyridine rings is 1. The molecule has 0 saturated heterocycles. The third kappa shape index (κ3) is 2.10. The van der Waals surface area contributed by atoms with Crippen molar-refractivity contribution >= 4 is 17.6 Å². The van der Waals surface area contributed by atoms with Crippen LogP contribution in [0.25, 0.3) is 22.6 Å². The number of nitrogen functional groups attached to an aromatic ring is 1. The fourth-order valence-corrected chi connectivity index (χ4v) is 2.12. The number of hydrogen-bond donors (Lipinski definition) is 1. The van der Waals surface area contributed by atoms with E-state index >= 15 is 0 Å². The van der Waals surface area contributed by atoms with E-state index in [-0.39, 0.29) is 22.9 Å². The van der Waals surface area contributed by atoms with Gasteiger partial charge in [-0.2, -0.15) is 0 Å². The molecule has 0 aliphatic rings. The first-order chi connectivity index (χ1) is 9.66. The Hall–Kier alpha value is -2.47. The number of benzene rings is 1. The van der Waals surface area contributed by atoms with Gasteiger partial charge in [0.05, 0.1) is 5.56 Å². The van der Waals surface area contributed by atoms with Gasteiger partial charge in [-0.15, -0.1) is 5.10 Å². The van der Waals surface area contributed by atoms with E-state index in [1.165, 1.54) is 12.3 Å². The van der Waals surface area contributed by atoms with E-state index in [0.29, 0.717) is 16.7 Å². The van der Waals surface area contributed by atoms with Crippen molar-refractivity contribution in [3.63, 3.8) is 0 Å². The summed E-state index contributed by atoms with van der Waals surface area (Å²) < 4.78 is 19.1. The highest BCUT2D eigenvalue weighted by Gasteiger charge is 2.19. The Bertz CT molecular complexity index is 775. The lowest BCUT2D eigenvalue weighted by Gasteiger charge is -2.08. The zero-order valence-electron chi connectivity index (χ0n) is 10.0. The molecule has 0 spiro atoms. The standard InChI is InChI=1S/C13H8ClFN4O/c14-11-10(12-18-19-13(16)20-12)8(5-6-17-11)7-3-1-2-4-9(7)15/h1-6H,(H2,16,19). The van der Waals surface area contributed by atoms with E-state index in [1.807, 2.05) is 0 Å². The lowest BCUT2D eigenvalue weighted by molar-refractivity contribution is 0.590. The first-order valence-corrected chi connectivity index (χ1v) is 6.03. The average molecular weight is 291 g/mol. The quantitative estimate of drug-likeness (QED) is 0.733. The molecule has 3 aromatic rings. The van der Waals surface area contributed by atoms with Crippen LogP contribution in [-0.2, 0) is 0 Å². The molecular formula is C13H8ClFN4O. The van der Waals surface area contributed by atoms with Crippen molar-refractivity contribution in [3.8, 4) is 22.6 Å². The monoisotopic (exact) mass is 290 g/mol. The summed E-state index contributed by atoms with van der Waals surface area (Å²) in [6, 6.07) is 7.84. The van der Waals surface area contributed by atoms with Crippen molar-refractivity contribution in [3.05, 3.63) is 47.5 Å². The Labute approximate surface area is 118 Å². The molecule has 3 rings (SSSR count). The Morgan fingerprint density at radius 1 is 1.10 bits per heavy atom. The Morgan fingerprint density at radius 3 is 2.60 bits per heavy atom. The van der Waals surface area contributed by atoms with Gasteiger partial charge in [0.15, 0.2) is 0 Å². The number of halogens is 2. The van der Waals surface area contributed by atoms with Crippen LogP contribution in [0.15, 0.2) is 40.9 Å². The van der Waals surface area contributed by atoms with Gasteiger partial charge in [-0.05, 0) is 12.1 Å². The van der Waals surface area contributed by atoms with Crippen LogP contribution in [0.4, 0.5) is 10.4 Å². The van der Waals surface area contributed by atoms with Crippen LogP contribution in [0.2, 0.25) is 5.15 Å². The molecule has 2 N–H and O–H groups in total. The minimum atomic E-state index is -0.386. The zero-order valence-corrected chi connectivity index (χ0v) is 10.8. The SMILES string of the molecule is Nc1nnc(-c2c(-c3ccccc3F)ccnc2Cl)o1. The summed E-state index contributed by atoms with van der Waals surface area (Å²) in [6.07, 6.45) is 1.48. The van der Waals surface area contributed by atoms with Crippen molar-refractivity contribution in [2.45, 2.75) is 0 Å². The minimum absolute atomic E-state index is 0.0962. The van der Waals surface area contributed by atoms with E-state index in [1.54, 1.807) is 24.3 Å². The lowest BCUT2D eigenvalue weighted by Crippen LogP contribution is -1.92. The second kappa shape index (κ2) is 4.90. The fraction of sp³-hybridized carbons (Fsp3) is 0. The molecule has 0 amide bonds. The molecular weight excluding hydrogens is 283 g/mol. The average Bonchev–Trinajstić information content (AvgIpc) is 2.85. The second-order valence-corrected chi connectivity index (χ2v) is 4.31. The van der Waals surface area contributed by atoms with Gasteiger partial charge in [0.25, 0.3) is 5.89 Å². The van der Waals surface area contributed by atoms with Crippen LogP contribution in [0.5, 0.6) is 0 Å². The van der Waals surface area contributed by atoms with E-state index in [4.69, 9.17) is 21.8 Å². The summed E-state index contributed by atoms with van der Waals surface area (Å²) in [5.41, 5.74) is 6.63. The number of anilines is 1. The molecule has 0 saturated carbocycles. The summed E-state index contributed by atoms with van der Waals surface area (Å²) in [7, 11) is 0. The van der Waals surface area contributed by atoms with E-state index < -0.39 is 0 Å². The molecule has 0 atom stereocenters. The van der Waals surface area contributed by atoms with Gasteiger partial charge in [0, 0.05) is 17.3 Å². The summed E-state index contributed by atoms with van der Waals surface area (Å²) in [5.74, 6) is -0.289. The molecule has 0 radical (unpaired) electrons. The van der Waals surface area contributed by atoms with E-state index in [2.05, 4.69) is 15.2 Å². The van der Waals surface area contributed by atoms with Gasteiger partial charge >= 0.3 is 6.01 Å².